The summed E-state index contributed by atoms with van der Waals surface area (Å²) in [4.78, 5) is 16.8. The number of aromatic nitrogens is 2. The Bertz CT molecular complexity index is 1030. The fourth-order valence-corrected chi connectivity index (χ4v) is 3.31. The second-order valence-electron chi connectivity index (χ2n) is 6.88. The number of carbonyl (C=O) groups is 1. The molecule has 0 aliphatic carbocycles. The smallest absolute Gasteiger partial charge is 0.251 e. The maximum Gasteiger partial charge on any atom is 0.251 e. The van der Waals surface area contributed by atoms with Crippen molar-refractivity contribution >= 4 is 16.9 Å². The molecular weight excluding hydrogens is 354 g/mol. The van der Waals surface area contributed by atoms with Gasteiger partial charge in [-0.25, -0.2) is 4.98 Å². The summed E-state index contributed by atoms with van der Waals surface area (Å²) in [5.74, 6) is -0.256. The van der Waals surface area contributed by atoms with Gasteiger partial charge in [-0.3, -0.25) is 10.1 Å². The lowest BCUT2D eigenvalue weighted by atomic mass is 10.0. The molecule has 142 valence electrons. The van der Waals surface area contributed by atoms with Gasteiger partial charge in [0.15, 0.2) is 0 Å². The molecule has 1 aliphatic heterocycles. The molecule has 1 fully saturated rings. The lowest BCUT2D eigenvalue weighted by Gasteiger charge is -2.14. The van der Waals surface area contributed by atoms with Gasteiger partial charge >= 0.3 is 0 Å². The van der Waals surface area contributed by atoms with E-state index < -0.39 is 12.1 Å². The lowest BCUT2D eigenvalue weighted by Crippen LogP contribution is -2.43. The third kappa shape index (κ3) is 3.74. The van der Waals surface area contributed by atoms with Crippen molar-refractivity contribution in [2.24, 2.45) is 7.05 Å². The predicted molar refractivity (Wildman–Crippen MR) is 105 cm³/mol. The van der Waals surface area contributed by atoms with Crippen molar-refractivity contribution < 1.29 is 9.53 Å². The second kappa shape index (κ2) is 7.80. The Labute approximate surface area is 162 Å². The van der Waals surface area contributed by atoms with Crippen LogP contribution in [0.25, 0.3) is 22.3 Å². The van der Waals surface area contributed by atoms with Crippen molar-refractivity contribution in [3.8, 4) is 17.3 Å². The van der Waals surface area contributed by atoms with Crippen LogP contribution in [0, 0.1) is 11.3 Å². The quantitative estimate of drug-likeness (QED) is 0.709. The Morgan fingerprint density at radius 1 is 1.36 bits per heavy atom. The highest BCUT2D eigenvalue weighted by molar-refractivity contribution is 5.82. The summed E-state index contributed by atoms with van der Waals surface area (Å²) >= 11 is 0. The number of ether oxygens (including phenoxy) is 1. The minimum absolute atomic E-state index is 0.256. The monoisotopic (exact) mass is 375 g/mol. The number of fused-ring (bicyclic) bond motifs is 1. The molecule has 0 unspecified atom stereocenters. The van der Waals surface area contributed by atoms with E-state index in [0.717, 1.165) is 27.9 Å². The molecule has 2 atom stereocenters. The molecule has 1 saturated heterocycles. The molecule has 0 bridgehead atoms. The van der Waals surface area contributed by atoms with E-state index >= 15 is 0 Å². The highest BCUT2D eigenvalue weighted by Crippen LogP contribution is 2.22. The Balaban J connectivity index is 1.45. The van der Waals surface area contributed by atoms with Gasteiger partial charge in [0.05, 0.1) is 18.5 Å². The van der Waals surface area contributed by atoms with Crippen LogP contribution in [-0.2, 0) is 23.0 Å². The van der Waals surface area contributed by atoms with Gasteiger partial charge in [0.1, 0.15) is 17.8 Å². The molecule has 2 N–H and O–H groups in total. The molecule has 1 aliphatic rings. The normalized spacial score (nSPS) is 17.4. The minimum Gasteiger partial charge on any atom is -0.352 e. The summed E-state index contributed by atoms with van der Waals surface area (Å²) in [6.07, 6.45) is 1.90. The van der Waals surface area contributed by atoms with Crippen molar-refractivity contribution in [1.82, 2.24) is 20.2 Å². The van der Waals surface area contributed by atoms with Crippen molar-refractivity contribution in [3.05, 3.63) is 54.2 Å². The molecule has 1 amide bonds. The number of nitrogens with zero attached hydrogens (tertiary/aromatic N) is 3. The number of hydrogen-bond acceptors (Lipinski definition) is 5. The van der Waals surface area contributed by atoms with E-state index in [0.29, 0.717) is 19.7 Å². The lowest BCUT2D eigenvalue weighted by molar-refractivity contribution is -0.129. The molecule has 28 heavy (non-hydrogen) atoms. The van der Waals surface area contributed by atoms with Crippen molar-refractivity contribution in [2.75, 3.05) is 13.3 Å². The van der Waals surface area contributed by atoms with Crippen LogP contribution >= 0.6 is 0 Å². The molecule has 0 spiro atoms. The third-order valence-corrected chi connectivity index (χ3v) is 4.89. The number of hydrogen-bond donors (Lipinski definition) is 2. The number of benzene rings is 1. The zero-order valence-electron chi connectivity index (χ0n) is 15.6. The molecule has 3 heterocycles. The first-order chi connectivity index (χ1) is 13.6. The Kier molecular flexibility index (Phi) is 5.06. The van der Waals surface area contributed by atoms with E-state index in [1.165, 1.54) is 0 Å². The van der Waals surface area contributed by atoms with Gasteiger partial charge in [-0.2, -0.15) is 5.26 Å². The zero-order chi connectivity index (χ0) is 19.5. The topological polar surface area (TPSA) is 92.0 Å². The zero-order valence-corrected chi connectivity index (χ0v) is 15.6. The summed E-state index contributed by atoms with van der Waals surface area (Å²) in [6, 6.07) is 15.6. The average Bonchev–Trinajstić information content (AvgIpc) is 3.38. The van der Waals surface area contributed by atoms with E-state index in [-0.39, 0.29) is 5.91 Å². The van der Waals surface area contributed by atoms with E-state index in [1.807, 2.05) is 54.2 Å². The number of pyridine rings is 1. The SMILES string of the molecule is Cn1ccc2ccc(-c3ccc(C[C@@H](C#N)NC(=O)[C@@H]4CNCO4)cc3)nc21. The first-order valence-corrected chi connectivity index (χ1v) is 9.18. The largest absolute Gasteiger partial charge is 0.352 e. The summed E-state index contributed by atoms with van der Waals surface area (Å²) in [7, 11) is 1.98. The highest BCUT2D eigenvalue weighted by Gasteiger charge is 2.25. The number of rotatable bonds is 5. The van der Waals surface area contributed by atoms with Crippen molar-refractivity contribution in [1.29, 1.82) is 5.26 Å². The number of nitrogens with one attached hydrogen (secondary N) is 2. The van der Waals surface area contributed by atoms with E-state index in [2.05, 4.69) is 22.8 Å². The Hall–Kier alpha value is -3.21. The molecule has 4 rings (SSSR count). The fourth-order valence-electron chi connectivity index (χ4n) is 3.31. The standard InChI is InChI=1S/C21H21N5O2/c1-26-9-8-16-6-7-18(25-20(16)26)15-4-2-14(3-5-15)10-17(11-22)24-21(27)19-12-23-13-28-19/h2-9,17,19,23H,10,12-13H2,1H3,(H,24,27)/t17-,19-/m0/s1. The molecule has 2 aromatic heterocycles. The van der Waals surface area contributed by atoms with Crippen LogP contribution < -0.4 is 10.6 Å². The van der Waals surface area contributed by atoms with Crippen LogP contribution in [0.15, 0.2) is 48.7 Å². The van der Waals surface area contributed by atoms with E-state index in [9.17, 15) is 10.1 Å². The van der Waals surface area contributed by atoms with Gasteiger partial charge in [0, 0.05) is 37.2 Å². The molecular formula is C21H21N5O2. The molecule has 0 saturated carbocycles. The maximum atomic E-state index is 12.1. The van der Waals surface area contributed by atoms with Crippen LogP contribution in [0.5, 0.6) is 0 Å². The molecule has 7 heteroatoms. The Morgan fingerprint density at radius 2 is 2.18 bits per heavy atom. The summed E-state index contributed by atoms with van der Waals surface area (Å²) in [6.45, 7) is 0.830. The predicted octanol–water partition coefficient (Wildman–Crippen LogP) is 1.74. The van der Waals surface area contributed by atoms with Crippen LogP contribution in [-0.4, -0.2) is 40.9 Å². The first-order valence-electron chi connectivity index (χ1n) is 9.18. The molecule has 7 nitrogen and oxygen atoms in total. The minimum atomic E-state index is -0.597. The fraction of sp³-hybridized carbons (Fsp3) is 0.286. The van der Waals surface area contributed by atoms with Gasteiger partial charge in [-0.1, -0.05) is 24.3 Å². The summed E-state index contributed by atoms with van der Waals surface area (Å²) < 4.78 is 7.26. The van der Waals surface area contributed by atoms with Gasteiger partial charge in [-0.05, 0) is 23.8 Å². The third-order valence-electron chi connectivity index (χ3n) is 4.89. The Morgan fingerprint density at radius 3 is 2.89 bits per heavy atom. The van der Waals surface area contributed by atoms with Crippen LogP contribution in [0.3, 0.4) is 0 Å². The van der Waals surface area contributed by atoms with Crippen LogP contribution in [0.4, 0.5) is 0 Å². The number of carbonyl (C=O) groups excluding carboxylic acids is 1. The second-order valence-corrected chi connectivity index (χ2v) is 6.88. The molecule has 3 aromatic rings. The molecule has 0 radical (unpaired) electrons. The van der Waals surface area contributed by atoms with Gasteiger partial charge in [0.2, 0.25) is 0 Å². The van der Waals surface area contributed by atoms with Crippen LogP contribution in [0.2, 0.25) is 0 Å². The average molecular weight is 375 g/mol. The highest BCUT2D eigenvalue weighted by atomic mass is 16.5. The summed E-state index contributed by atoms with van der Waals surface area (Å²) in [5.41, 5.74) is 3.82. The van der Waals surface area contributed by atoms with Gasteiger partial charge < -0.3 is 14.6 Å². The number of nitriles is 1. The van der Waals surface area contributed by atoms with Crippen molar-refractivity contribution in [2.45, 2.75) is 18.6 Å². The van der Waals surface area contributed by atoms with E-state index in [4.69, 9.17) is 9.72 Å². The van der Waals surface area contributed by atoms with E-state index in [1.54, 1.807) is 0 Å². The summed E-state index contributed by atoms with van der Waals surface area (Å²) in [5, 5.41) is 16.2. The molecule has 1 aromatic carbocycles. The van der Waals surface area contributed by atoms with Crippen molar-refractivity contribution in [3.63, 3.8) is 0 Å². The number of amides is 1. The maximum absolute atomic E-state index is 12.1. The van der Waals surface area contributed by atoms with Gasteiger partial charge in [-0.15, -0.1) is 0 Å². The van der Waals surface area contributed by atoms with Crippen LogP contribution in [0.1, 0.15) is 5.56 Å². The number of aryl methyl sites for hydroxylation is 1. The first kappa shape index (κ1) is 18.2. The van der Waals surface area contributed by atoms with Gasteiger partial charge in [0.25, 0.3) is 5.91 Å².